The first-order valence-corrected chi connectivity index (χ1v) is 10.0. The summed E-state index contributed by atoms with van der Waals surface area (Å²) < 4.78 is 65.6. The number of alkyl halides is 3. The molecule has 2 aliphatic rings. The van der Waals surface area contributed by atoms with Gasteiger partial charge in [-0.25, -0.2) is 4.99 Å². The number of aliphatic imine (C=N–C) groups is 1. The molecule has 1 aromatic carbocycles. The predicted octanol–water partition coefficient (Wildman–Crippen LogP) is 2.03. The molecule has 3 heterocycles. The molecule has 11 heteroatoms. The summed E-state index contributed by atoms with van der Waals surface area (Å²) in [5.74, 6) is -0.448. The summed E-state index contributed by atoms with van der Waals surface area (Å²) in [5, 5.41) is 2.71. The highest BCUT2D eigenvalue weighted by molar-refractivity contribution is 7.95. The number of carbonyl (C=O) groups is 1. The minimum atomic E-state index is -4.65. The van der Waals surface area contributed by atoms with Gasteiger partial charge < -0.3 is 9.87 Å². The van der Waals surface area contributed by atoms with Crippen LogP contribution in [-0.2, 0) is 25.6 Å². The molecule has 2 atom stereocenters. The molecular formula is C18H15F3N4O3S. The van der Waals surface area contributed by atoms with E-state index in [0.717, 1.165) is 22.5 Å². The summed E-state index contributed by atoms with van der Waals surface area (Å²) in [5.41, 5.74) is -1.53. The third kappa shape index (κ3) is 3.56. The highest BCUT2D eigenvalue weighted by atomic mass is 32.3. The Bertz CT molecular complexity index is 1040. The van der Waals surface area contributed by atoms with Crippen molar-refractivity contribution >= 4 is 22.0 Å². The van der Waals surface area contributed by atoms with Crippen LogP contribution >= 0.6 is 0 Å². The number of nitrogens with zero attached hydrogens (tertiary/aromatic N) is 3. The van der Waals surface area contributed by atoms with Crippen LogP contribution in [0.2, 0.25) is 0 Å². The van der Waals surface area contributed by atoms with Crippen LogP contribution in [0.5, 0.6) is 0 Å². The third-order valence-corrected chi connectivity index (χ3v) is 6.68. The van der Waals surface area contributed by atoms with Crippen LogP contribution in [0.4, 0.5) is 13.2 Å². The van der Waals surface area contributed by atoms with Gasteiger partial charge in [0.05, 0.1) is 12.1 Å². The number of carbonyl (C=O) groups excluding carboxylic acids is 1. The topological polar surface area (TPSA) is 97.7 Å². The first-order valence-electron chi connectivity index (χ1n) is 8.61. The minimum Gasteiger partial charge on any atom is -0.593 e. The van der Waals surface area contributed by atoms with Gasteiger partial charge in [-0.15, -0.1) is 4.31 Å². The molecule has 0 radical (unpaired) electrons. The lowest BCUT2D eigenvalue weighted by Gasteiger charge is -2.25. The number of benzene rings is 1. The molecule has 1 spiro atoms. The van der Waals surface area contributed by atoms with E-state index in [1.54, 1.807) is 18.3 Å². The zero-order valence-corrected chi connectivity index (χ0v) is 15.7. The van der Waals surface area contributed by atoms with Gasteiger partial charge in [-0.3, -0.25) is 9.78 Å². The fourth-order valence-corrected chi connectivity index (χ4v) is 4.94. The Kier molecular flexibility index (Phi) is 4.56. The van der Waals surface area contributed by atoms with Crippen LogP contribution in [0.3, 0.4) is 0 Å². The number of rotatable bonds is 3. The summed E-state index contributed by atoms with van der Waals surface area (Å²) in [6, 6.07) is 6.90. The molecule has 0 aliphatic carbocycles. The molecule has 152 valence electrons. The fourth-order valence-electron chi connectivity index (χ4n) is 3.40. The number of pyridine rings is 1. The Balaban J connectivity index is 1.61. The maximum Gasteiger partial charge on any atom is 0.416 e. The second-order valence-corrected chi connectivity index (χ2v) is 8.74. The van der Waals surface area contributed by atoms with Crippen LogP contribution in [0.15, 0.2) is 58.7 Å². The van der Waals surface area contributed by atoms with Crippen molar-refractivity contribution in [3.63, 3.8) is 0 Å². The number of hydrogen-bond donors (Lipinski definition) is 1. The average Bonchev–Trinajstić information content (AvgIpc) is 3.25. The Hall–Kier alpha value is -2.63. The maximum atomic E-state index is 12.9. The van der Waals surface area contributed by atoms with Gasteiger partial charge in [0.2, 0.25) is 0 Å². The monoisotopic (exact) mass is 424 g/mol. The van der Waals surface area contributed by atoms with E-state index in [9.17, 15) is 26.7 Å². The molecular weight excluding hydrogens is 409 g/mol. The van der Waals surface area contributed by atoms with Gasteiger partial charge in [0.1, 0.15) is 5.71 Å². The number of hydrogen-bond acceptors (Lipinski definition) is 5. The van der Waals surface area contributed by atoms with E-state index in [1.807, 2.05) is 0 Å². The summed E-state index contributed by atoms with van der Waals surface area (Å²) in [6.07, 6.45) is -1.42. The molecule has 0 saturated carbocycles. The smallest absolute Gasteiger partial charge is 0.416 e. The van der Waals surface area contributed by atoms with Crippen molar-refractivity contribution in [1.82, 2.24) is 14.6 Å². The Morgan fingerprint density at radius 1 is 1.24 bits per heavy atom. The van der Waals surface area contributed by atoms with Crippen molar-refractivity contribution in [3.8, 4) is 0 Å². The molecule has 1 saturated heterocycles. The second-order valence-electron chi connectivity index (χ2n) is 6.80. The van der Waals surface area contributed by atoms with Crippen molar-refractivity contribution in [2.45, 2.75) is 23.2 Å². The lowest BCUT2D eigenvalue weighted by atomic mass is 10.1. The molecule has 1 N–H and O–H groups in total. The van der Waals surface area contributed by atoms with Gasteiger partial charge in [-0.2, -0.15) is 13.2 Å². The van der Waals surface area contributed by atoms with E-state index in [1.165, 1.54) is 6.20 Å². The first-order chi connectivity index (χ1) is 13.6. The molecule has 1 fully saturated rings. The van der Waals surface area contributed by atoms with Gasteiger partial charge in [-0.05, 0) is 24.3 Å². The SMILES string of the molecule is O=C1NC2(CCN([S+](=O)([O-])c3cccc(C(F)(F)F)c3)C2)N=C1c1cccnc1. The number of aromatic nitrogens is 1. The van der Waals surface area contributed by atoms with E-state index in [2.05, 4.69) is 15.3 Å². The molecule has 2 aromatic rings. The average molecular weight is 424 g/mol. The van der Waals surface area contributed by atoms with Crippen LogP contribution in [0.25, 0.3) is 0 Å². The van der Waals surface area contributed by atoms with Crippen LogP contribution in [0, 0.1) is 0 Å². The number of sulfonamides is 1. The quantitative estimate of drug-likeness (QED) is 0.763. The van der Waals surface area contributed by atoms with Gasteiger partial charge in [0.15, 0.2) is 21.0 Å². The van der Waals surface area contributed by atoms with Crippen LogP contribution in [0.1, 0.15) is 17.5 Å². The number of nitrogens with one attached hydrogen (secondary N) is 1. The standard InChI is InChI=1S/C18H15F3N4O3S/c19-18(20,21)13-4-1-5-14(9-13)29(27,28)25-8-6-17(11-25)23-15(16(26)24-17)12-3-2-7-22-10-12/h1-5,7,9-10H,6,8,11H2,(H-,24,26,27,28). The van der Waals surface area contributed by atoms with Gasteiger partial charge in [0, 0.05) is 37.0 Å². The normalized spacial score (nSPS) is 24.4. The fraction of sp³-hybridized carbons (Fsp3) is 0.278. The highest BCUT2D eigenvalue weighted by Crippen LogP contribution is 2.36. The third-order valence-electron chi connectivity index (χ3n) is 4.83. The predicted molar refractivity (Wildman–Crippen MR) is 96.4 cm³/mol. The molecule has 0 bridgehead atoms. The first kappa shape index (κ1) is 19.7. The molecule has 29 heavy (non-hydrogen) atoms. The summed E-state index contributed by atoms with van der Waals surface area (Å²) in [6.45, 7) is -0.149. The van der Waals surface area contributed by atoms with E-state index >= 15 is 0 Å². The zero-order valence-electron chi connectivity index (χ0n) is 14.8. The van der Waals surface area contributed by atoms with E-state index < -0.39 is 38.6 Å². The largest absolute Gasteiger partial charge is 0.593 e. The zero-order chi connectivity index (χ0) is 20.9. The lowest BCUT2D eigenvalue weighted by molar-refractivity contribution is -0.137. The Labute approximate surface area is 165 Å². The second kappa shape index (κ2) is 6.71. The van der Waals surface area contributed by atoms with Crippen molar-refractivity contribution in [1.29, 1.82) is 0 Å². The number of amides is 1. The van der Waals surface area contributed by atoms with Gasteiger partial charge in [0.25, 0.3) is 5.91 Å². The molecule has 1 amide bonds. The minimum absolute atomic E-state index is 0.0165. The Morgan fingerprint density at radius 2 is 2.03 bits per heavy atom. The molecule has 1 aromatic heterocycles. The van der Waals surface area contributed by atoms with Crippen LogP contribution in [-0.4, -0.2) is 44.2 Å². The Morgan fingerprint density at radius 3 is 2.72 bits per heavy atom. The van der Waals surface area contributed by atoms with E-state index in [4.69, 9.17) is 0 Å². The van der Waals surface area contributed by atoms with Crippen molar-refractivity contribution in [2.75, 3.05) is 13.1 Å². The highest BCUT2D eigenvalue weighted by Gasteiger charge is 2.50. The molecule has 2 unspecified atom stereocenters. The van der Waals surface area contributed by atoms with Crippen molar-refractivity contribution in [2.24, 2.45) is 4.99 Å². The van der Waals surface area contributed by atoms with E-state index in [0.29, 0.717) is 11.6 Å². The van der Waals surface area contributed by atoms with Crippen molar-refractivity contribution < 1.29 is 26.7 Å². The van der Waals surface area contributed by atoms with Crippen molar-refractivity contribution in [3.05, 3.63) is 59.9 Å². The lowest BCUT2D eigenvalue weighted by Crippen LogP contribution is -2.46. The summed E-state index contributed by atoms with van der Waals surface area (Å²) in [7, 11) is -4.18. The van der Waals surface area contributed by atoms with Crippen LogP contribution < -0.4 is 5.32 Å². The van der Waals surface area contributed by atoms with E-state index in [-0.39, 0.29) is 25.2 Å². The molecule has 2 aliphatic heterocycles. The molecule has 4 rings (SSSR count). The number of halogens is 3. The summed E-state index contributed by atoms with van der Waals surface area (Å²) >= 11 is 0. The molecule has 7 nitrogen and oxygen atoms in total. The van der Waals surface area contributed by atoms with Gasteiger partial charge in [-0.1, -0.05) is 10.3 Å². The maximum absolute atomic E-state index is 12.9. The van der Waals surface area contributed by atoms with Gasteiger partial charge >= 0.3 is 6.18 Å². The summed E-state index contributed by atoms with van der Waals surface area (Å²) in [4.78, 5) is 20.3.